The van der Waals surface area contributed by atoms with E-state index in [4.69, 9.17) is 5.73 Å². The number of nitrogens with one attached hydrogen (secondary N) is 3. The molecule has 2 aromatic carbocycles. The van der Waals surface area contributed by atoms with Crippen LogP contribution >= 0.6 is 0 Å². The summed E-state index contributed by atoms with van der Waals surface area (Å²) in [5, 5.41) is 18.8. The Hall–Kier alpha value is -3.95. The zero-order valence-electron chi connectivity index (χ0n) is 21.0. The molecule has 1 aliphatic rings. The number of hydrogen-bond donors (Lipinski definition) is 4. The van der Waals surface area contributed by atoms with Crippen LogP contribution in [0.25, 0.3) is 0 Å². The van der Waals surface area contributed by atoms with E-state index < -0.39 is 0 Å². The molecule has 0 atom stereocenters. The number of nitrogen functional groups attached to an aromatic ring is 1. The first-order chi connectivity index (χ1) is 17.2. The molecule has 0 unspecified atom stereocenters. The molecule has 1 aromatic heterocycles. The predicted octanol–water partition coefficient (Wildman–Crippen LogP) is 4.67. The van der Waals surface area contributed by atoms with Crippen LogP contribution in [0, 0.1) is 11.3 Å². The number of hydrogen-bond acceptors (Lipinski definition) is 6. The molecule has 1 fully saturated rings. The molecule has 36 heavy (non-hydrogen) atoms. The summed E-state index contributed by atoms with van der Waals surface area (Å²) in [4.78, 5) is 27.8. The summed E-state index contributed by atoms with van der Waals surface area (Å²) < 4.78 is 0. The first-order valence-electron chi connectivity index (χ1n) is 12.3. The smallest absolute Gasteiger partial charge is 0.322 e. The third kappa shape index (κ3) is 6.38. The summed E-state index contributed by atoms with van der Waals surface area (Å²) in [5.41, 5.74) is 8.83. The summed E-state index contributed by atoms with van der Waals surface area (Å²) in [7, 11) is 0. The molecule has 4 rings (SSSR count). The second-order valence-corrected chi connectivity index (χ2v) is 10.4. The number of nitrogens with zero attached hydrogens (tertiary/aromatic N) is 4. The van der Waals surface area contributed by atoms with E-state index in [1.165, 1.54) is 0 Å². The maximum absolute atomic E-state index is 13.4. The van der Waals surface area contributed by atoms with Gasteiger partial charge in [0.25, 0.3) is 11.9 Å². The van der Waals surface area contributed by atoms with Gasteiger partial charge in [0.15, 0.2) is 0 Å². The summed E-state index contributed by atoms with van der Waals surface area (Å²) >= 11 is 0. The van der Waals surface area contributed by atoms with Gasteiger partial charge in [0.1, 0.15) is 0 Å². The van der Waals surface area contributed by atoms with Crippen LogP contribution in [0.2, 0.25) is 0 Å². The van der Waals surface area contributed by atoms with Crippen LogP contribution in [0.15, 0.2) is 48.5 Å². The highest BCUT2D eigenvalue weighted by Gasteiger charge is 2.33. The number of aromatic amines is 1. The van der Waals surface area contributed by atoms with Gasteiger partial charge in [-0.25, -0.2) is 4.79 Å². The van der Waals surface area contributed by atoms with Crippen molar-refractivity contribution in [1.82, 2.24) is 25.5 Å². The number of urea groups is 1. The molecule has 0 bridgehead atoms. The SMILES string of the molecule is CC(C)(C)C1CCC(N(Cc2ccc(C(=O)Nc3nn[nH]n3)cc2)C(=O)Nc2cccc(N)c2)CC1. The van der Waals surface area contributed by atoms with E-state index in [0.29, 0.717) is 29.4 Å². The van der Waals surface area contributed by atoms with Gasteiger partial charge in [-0.15, -0.1) is 5.10 Å². The highest BCUT2D eigenvalue weighted by atomic mass is 16.2. The average molecular weight is 491 g/mol. The summed E-state index contributed by atoms with van der Waals surface area (Å²) in [6.45, 7) is 7.31. The van der Waals surface area contributed by atoms with Crippen molar-refractivity contribution >= 4 is 29.3 Å². The second-order valence-electron chi connectivity index (χ2n) is 10.4. The maximum atomic E-state index is 13.4. The largest absolute Gasteiger partial charge is 0.399 e. The van der Waals surface area contributed by atoms with E-state index in [2.05, 4.69) is 52.0 Å². The highest BCUT2D eigenvalue weighted by molar-refractivity contribution is 6.03. The number of aromatic nitrogens is 4. The number of anilines is 3. The van der Waals surface area contributed by atoms with Crippen molar-refractivity contribution in [3.8, 4) is 0 Å². The molecule has 1 heterocycles. The Kier molecular flexibility index (Phi) is 7.52. The first-order valence-corrected chi connectivity index (χ1v) is 12.3. The van der Waals surface area contributed by atoms with Crippen molar-refractivity contribution < 1.29 is 9.59 Å². The molecule has 3 amide bonds. The molecular weight excluding hydrogens is 456 g/mol. The van der Waals surface area contributed by atoms with Gasteiger partial charge in [-0.1, -0.05) is 44.1 Å². The number of H-pyrrole nitrogens is 1. The van der Waals surface area contributed by atoms with Crippen LogP contribution in [-0.4, -0.2) is 43.5 Å². The number of benzene rings is 2. The molecule has 0 radical (unpaired) electrons. The summed E-state index contributed by atoms with van der Waals surface area (Å²) in [5.74, 6) is 0.420. The lowest BCUT2D eigenvalue weighted by molar-refractivity contribution is 0.102. The van der Waals surface area contributed by atoms with Crippen molar-refractivity contribution in [3.63, 3.8) is 0 Å². The molecule has 10 heteroatoms. The lowest BCUT2D eigenvalue weighted by Gasteiger charge is -2.41. The Balaban J connectivity index is 1.48. The van der Waals surface area contributed by atoms with Crippen LogP contribution in [0.4, 0.5) is 22.1 Å². The Morgan fingerprint density at radius 1 is 1.06 bits per heavy atom. The van der Waals surface area contributed by atoms with Crippen molar-refractivity contribution in [2.24, 2.45) is 11.3 Å². The van der Waals surface area contributed by atoms with Gasteiger partial charge in [0.05, 0.1) is 0 Å². The number of rotatable bonds is 6. The molecule has 5 N–H and O–H groups in total. The molecule has 0 spiro atoms. The van der Waals surface area contributed by atoms with E-state index in [0.717, 1.165) is 31.2 Å². The molecule has 1 saturated carbocycles. The minimum Gasteiger partial charge on any atom is -0.399 e. The molecule has 1 aliphatic carbocycles. The third-order valence-electron chi connectivity index (χ3n) is 6.90. The maximum Gasteiger partial charge on any atom is 0.322 e. The zero-order valence-corrected chi connectivity index (χ0v) is 21.0. The molecule has 3 aromatic rings. The molecule has 190 valence electrons. The summed E-state index contributed by atoms with van der Waals surface area (Å²) in [6, 6.07) is 14.4. The number of tetrazole rings is 1. The standard InChI is InChI=1S/C26H34N8O2/c1-26(2,3)19-11-13-22(14-12-19)34(25(36)28-21-6-4-5-20(27)15-21)16-17-7-9-18(10-8-17)23(35)29-24-30-32-33-31-24/h4-10,15,19,22H,11-14,16,27H2,1-3H3,(H,28,36)(H2,29,30,31,32,33,35). The lowest BCUT2D eigenvalue weighted by Crippen LogP contribution is -2.45. The quantitative estimate of drug-likeness (QED) is 0.370. The van der Waals surface area contributed by atoms with Crippen molar-refractivity contribution in [3.05, 3.63) is 59.7 Å². The number of carbonyl (C=O) groups excluding carboxylic acids is 2. The van der Waals surface area contributed by atoms with Gasteiger partial charge in [0.2, 0.25) is 0 Å². The fourth-order valence-corrected chi connectivity index (χ4v) is 4.78. The van der Waals surface area contributed by atoms with Gasteiger partial charge < -0.3 is 16.0 Å². The van der Waals surface area contributed by atoms with E-state index in [1.807, 2.05) is 29.2 Å². The molecular formula is C26H34N8O2. The minimum absolute atomic E-state index is 0.110. The van der Waals surface area contributed by atoms with Crippen LogP contribution in [0.3, 0.4) is 0 Å². The Labute approximate surface area is 211 Å². The Morgan fingerprint density at radius 2 is 1.78 bits per heavy atom. The topological polar surface area (TPSA) is 142 Å². The first kappa shape index (κ1) is 25.2. The summed E-state index contributed by atoms with van der Waals surface area (Å²) in [6.07, 6.45) is 4.09. The molecule has 0 aliphatic heterocycles. The van der Waals surface area contributed by atoms with Gasteiger partial charge in [-0.3, -0.25) is 10.1 Å². The van der Waals surface area contributed by atoms with E-state index in [1.54, 1.807) is 24.3 Å². The van der Waals surface area contributed by atoms with E-state index >= 15 is 0 Å². The van der Waals surface area contributed by atoms with Crippen LogP contribution in [0.5, 0.6) is 0 Å². The number of nitrogens with two attached hydrogens (primary N) is 1. The fraction of sp³-hybridized carbons (Fsp3) is 0.423. The van der Waals surface area contributed by atoms with E-state index in [-0.39, 0.29) is 29.3 Å². The van der Waals surface area contributed by atoms with Crippen molar-refractivity contribution in [2.75, 3.05) is 16.4 Å². The Bertz CT molecular complexity index is 1160. The number of carbonyl (C=O) groups is 2. The Morgan fingerprint density at radius 3 is 2.39 bits per heavy atom. The van der Waals surface area contributed by atoms with Crippen LogP contribution in [0.1, 0.15) is 62.4 Å². The minimum atomic E-state index is -0.334. The third-order valence-corrected chi connectivity index (χ3v) is 6.90. The second kappa shape index (κ2) is 10.8. The van der Waals surface area contributed by atoms with Gasteiger partial charge in [-0.2, -0.15) is 5.21 Å². The average Bonchev–Trinajstić information content (AvgIpc) is 3.35. The van der Waals surface area contributed by atoms with E-state index in [9.17, 15) is 9.59 Å². The van der Waals surface area contributed by atoms with Gasteiger partial charge in [-0.05, 0) is 78.1 Å². The van der Waals surface area contributed by atoms with Crippen LogP contribution in [-0.2, 0) is 6.54 Å². The normalized spacial score (nSPS) is 17.9. The van der Waals surface area contributed by atoms with Crippen molar-refractivity contribution in [2.45, 2.75) is 59.0 Å². The number of amides is 3. The van der Waals surface area contributed by atoms with Gasteiger partial charge in [0, 0.05) is 29.5 Å². The lowest BCUT2D eigenvalue weighted by atomic mass is 9.71. The fourth-order valence-electron chi connectivity index (χ4n) is 4.78. The highest BCUT2D eigenvalue weighted by Crippen LogP contribution is 2.39. The van der Waals surface area contributed by atoms with Gasteiger partial charge >= 0.3 is 6.03 Å². The zero-order chi connectivity index (χ0) is 25.7. The van der Waals surface area contributed by atoms with Crippen molar-refractivity contribution in [1.29, 1.82) is 0 Å². The van der Waals surface area contributed by atoms with Crippen LogP contribution < -0.4 is 16.4 Å². The predicted molar refractivity (Wildman–Crippen MR) is 139 cm³/mol. The monoisotopic (exact) mass is 490 g/mol. The molecule has 0 saturated heterocycles. The molecule has 10 nitrogen and oxygen atoms in total.